The highest BCUT2D eigenvalue weighted by Crippen LogP contribution is 2.13. The van der Waals surface area contributed by atoms with Gasteiger partial charge in [0.05, 0.1) is 12.2 Å². The molecule has 0 aliphatic carbocycles. The number of hydrogen-bond donors (Lipinski definition) is 2. The van der Waals surface area contributed by atoms with Gasteiger partial charge in [0.15, 0.2) is 0 Å². The molecular formula is C6H12O3. The molecule has 1 aliphatic rings. The quantitative estimate of drug-likeness (QED) is 0.468. The summed E-state index contributed by atoms with van der Waals surface area (Å²) in [4.78, 5) is 0. The fourth-order valence-corrected chi connectivity index (χ4v) is 0.957. The molecule has 0 aromatic rings. The Morgan fingerprint density at radius 1 is 1.44 bits per heavy atom. The summed E-state index contributed by atoms with van der Waals surface area (Å²) in [6.45, 7) is 2.31. The molecule has 2 N–H and O–H groups in total. The minimum atomic E-state index is -0.696. The molecule has 1 saturated heterocycles. The van der Waals surface area contributed by atoms with Gasteiger partial charge in [-0.15, -0.1) is 0 Å². The maximum absolute atomic E-state index is 9.07. The normalized spacial score (nSPS) is 45.0. The molecule has 1 rings (SSSR count). The van der Waals surface area contributed by atoms with Gasteiger partial charge in [-0.05, 0) is 13.3 Å². The number of ether oxygens (including phenoxy) is 1. The first-order chi connectivity index (χ1) is 4.22. The van der Waals surface area contributed by atoms with E-state index in [4.69, 9.17) is 14.9 Å². The highest BCUT2D eigenvalue weighted by molar-refractivity contribution is 4.77. The average molecular weight is 132 g/mol. The molecule has 0 radical (unpaired) electrons. The van der Waals surface area contributed by atoms with E-state index >= 15 is 0 Å². The standard InChI is InChI=1S/C6H12O3/c1-4-6(8)5(7)2-3-9-4/h4-8H,2-3H2,1H3/t4-,5-,6+/m0/s1. The third-order valence-corrected chi connectivity index (χ3v) is 1.67. The van der Waals surface area contributed by atoms with Gasteiger partial charge in [-0.3, -0.25) is 0 Å². The predicted molar refractivity (Wildman–Crippen MR) is 32.0 cm³/mol. The van der Waals surface area contributed by atoms with E-state index in [-0.39, 0.29) is 6.10 Å². The molecule has 1 aliphatic heterocycles. The summed E-state index contributed by atoms with van der Waals surface area (Å²) in [5, 5.41) is 18.1. The second kappa shape index (κ2) is 2.64. The van der Waals surface area contributed by atoms with Crippen LogP contribution in [-0.2, 0) is 4.74 Å². The third-order valence-electron chi connectivity index (χ3n) is 1.67. The maximum atomic E-state index is 9.07. The van der Waals surface area contributed by atoms with E-state index in [2.05, 4.69) is 0 Å². The molecule has 0 bridgehead atoms. The Morgan fingerprint density at radius 3 is 2.56 bits per heavy atom. The van der Waals surface area contributed by atoms with Crippen molar-refractivity contribution in [2.75, 3.05) is 6.61 Å². The largest absolute Gasteiger partial charge is 0.390 e. The molecule has 0 saturated carbocycles. The molecule has 1 heterocycles. The van der Waals surface area contributed by atoms with Gasteiger partial charge in [0.1, 0.15) is 6.10 Å². The summed E-state index contributed by atoms with van der Waals surface area (Å²) in [5.74, 6) is 0. The molecule has 0 aromatic heterocycles. The lowest BCUT2D eigenvalue weighted by Crippen LogP contribution is -2.42. The topological polar surface area (TPSA) is 49.7 Å². The summed E-state index contributed by atoms with van der Waals surface area (Å²) in [6.07, 6.45) is -0.952. The zero-order valence-electron chi connectivity index (χ0n) is 5.45. The second-order valence-corrected chi connectivity index (χ2v) is 2.42. The Bertz CT molecular complexity index is 84.3. The molecule has 0 unspecified atom stereocenters. The summed E-state index contributed by atoms with van der Waals surface area (Å²) < 4.78 is 5.05. The number of aliphatic hydroxyl groups excluding tert-OH is 2. The van der Waals surface area contributed by atoms with Gasteiger partial charge in [-0.1, -0.05) is 0 Å². The van der Waals surface area contributed by atoms with E-state index in [1.54, 1.807) is 6.92 Å². The third kappa shape index (κ3) is 1.41. The van der Waals surface area contributed by atoms with Crippen molar-refractivity contribution in [1.29, 1.82) is 0 Å². The Labute approximate surface area is 54.3 Å². The average Bonchev–Trinajstić information content (AvgIpc) is 1.83. The summed E-state index contributed by atoms with van der Waals surface area (Å²) in [7, 11) is 0. The summed E-state index contributed by atoms with van der Waals surface area (Å²) in [5.41, 5.74) is 0. The van der Waals surface area contributed by atoms with E-state index in [0.717, 1.165) is 0 Å². The van der Waals surface area contributed by atoms with Crippen molar-refractivity contribution in [3.05, 3.63) is 0 Å². The first-order valence-electron chi connectivity index (χ1n) is 3.19. The minimum absolute atomic E-state index is 0.214. The van der Waals surface area contributed by atoms with Gasteiger partial charge < -0.3 is 14.9 Å². The molecular weight excluding hydrogens is 120 g/mol. The van der Waals surface area contributed by atoms with Gasteiger partial charge in [-0.25, -0.2) is 0 Å². The van der Waals surface area contributed by atoms with Crippen LogP contribution < -0.4 is 0 Å². The molecule has 3 atom stereocenters. The molecule has 1 fully saturated rings. The van der Waals surface area contributed by atoms with Crippen LogP contribution in [-0.4, -0.2) is 35.1 Å². The van der Waals surface area contributed by atoms with E-state index in [9.17, 15) is 0 Å². The summed E-state index contributed by atoms with van der Waals surface area (Å²) in [6, 6.07) is 0. The van der Waals surface area contributed by atoms with Crippen LogP contribution in [0.15, 0.2) is 0 Å². The smallest absolute Gasteiger partial charge is 0.106 e. The lowest BCUT2D eigenvalue weighted by molar-refractivity contribution is -0.127. The minimum Gasteiger partial charge on any atom is -0.390 e. The molecule has 54 valence electrons. The monoisotopic (exact) mass is 132 g/mol. The zero-order valence-corrected chi connectivity index (χ0v) is 5.45. The van der Waals surface area contributed by atoms with E-state index in [0.29, 0.717) is 13.0 Å². The molecule has 0 amide bonds. The Morgan fingerprint density at radius 2 is 2.11 bits per heavy atom. The van der Waals surface area contributed by atoms with Crippen LogP contribution in [0, 0.1) is 0 Å². The van der Waals surface area contributed by atoms with E-state index in [1.165, 1.54) is 0 Å². The van der Waals surface area contributed by atoms with Crippen LogP contribution in [0.3, 0.4) is 0 Å². The van der Waals surface area contributed by atoms with Crippen LogP contribution in [0.5, 0.6) is 0 Å². The highest BCUT2D eigenvalue weighted by atomic mass is 16.5. The van der Waals surface area contributed by atoms with Gasteiger partial charge in [0.2, 0.25) is 0 Å². The van der Waals surface area contributed by atoms with Crippen LogP contribution in [0.4, 0.5) is 0 Å². The van der Waals surface area contributed by atoms with Gasteiger partial charge in [-0.2, -0.15) is 0 Å². The Kier molecular flexibility index (Phi) is 2.05. The molecule has 9 heavy (non-hydrogen) atoms. The number of hydrogen-bond acceptors (Lipinski definition) is 3. The van der Waals surface area contributed by atoms with Gasteiger partial charge >= 0.3 is 0 Å². The number of aliphatic hydroxyl groups is 2. The Balaban J connectivity index is 2.41. The van der Waals surface area contributed by atoms with Crippen molar-refractivity contribution in [3.63, 3.8) is 0 Å². The molecule has 3 nitrogen and oxygen atoms in total. The molecule has 3 heteroatoms. The van der Waals surface area contributed by atoms with Crippen LogP contribution in [0.2, 0.25) is 0 Å². The van der Waals surface area contributed by atoms with E-state index in [1.807, 2.05) is 0 Å². The van der Waals surface area contributed by atoms with Crippen LogP contribution in [0.1, 0.15) is 13.3 Å². The SMILES string of the molecule is C[C@@H]1OCC[C@H](O)[C@@H]1O. The number of rotatable bonds is 0. The predicted octanol–water partition coefficient (Wildman–Crippen LogP) is -0.483. The Hall–Kier alpha value is -0.120. The highest BCUT2D eigenvalue weighted by Gasteiger charge is 2.27. The second-order valence-electron chi connectivity index (χ2n) is 2.42. The fraction of sp³-hybridized carbons (Fsp3) is 1.00. The van der Waals surface area contributed by atoms with Crippen molar-refractivity contribution in [2.45, 2.75) is 31.7 Å². The van der Waals surface area contributed by atoms with E-state index < -0.39 is 12.2 Å². The fourth-order valence-electron chi connectivity index (χ4n) is 0.957. The molecule has 0 spiro atoms. The first kappa shape index (κ1) is 6.99. The molecule has 0 aromatic carbocycles. The first-order valence-corrected chi connectivity index (χ1v) is 3.19. The van der Waals surface area contributed by atoms with Gasteiger partial charge in [0.25, 0.3) is 0 Å². The lowest BCUT2D eigenvalue weighted by atomic mass is 10.0. The van der Waals surface area contributed by atoms with Crippen molar-refractivity contribution in [2.24, 2.45) is 0 Å². The van der Waals surface area contributed by atoms with Crippen LogP contribution in [0.25, 0.3) is 0 Å². The van der Waals surface area contributed by atoms with Crippen molar-refractivity contribution in [3.8, 4) is 0 Å². The zero-order chi connectivity index (χ0) is 6.85. The van der Waals surface area contributed by atoms with Crippen molar-refractivity contribution >= 4 is 0 Å². The van der Waals surface area contributed by atoms with Crippen molar-refractivity contribution < 1.29 is 14.9 Å². The van der Waals surface area contributed by atoms with Gasteiger partial charge in [0, 0.05) is 6.61 Å². The van der Waals surface area contributed by atoms with Crippen LogP contribution >= 0.6 is 0 Å². The summed E-state index contributed by atoms with van der Waals surface area (Å²) >= 11 is 0. The maximum Gasteiger partial charge on any atom is 0.106 e. The van der Waals surface area contributed by atoms with Crippen molar-refractivity contribution in [1.82, 2.24) is 0 Å². The lowest BCUT2D eigenvalue weighted by Gasteiger charge is -2.29.